The zero-order valence-corrected chi connectivity index (χ0v) is 16.4. The highest BCUT2D eigenvalue weighted by atomic mass is 32.2. The highest BCUT2D eigenvalue weighted by molar-refractivity contribution is 7.98. The van der Waals surface area contributed by atoms with Crippen LogP contribution in [-0.2, 0) is 4.74 Å². The van der Waals surface area contributed by atoms with Gasteiger partial charge in [-0.15, -0.1) is 0 Å². The fourth-order valence-corrected chi connectivity index (χ4v) is 3.70. The standard InChI is InChI=1S/C21H17N3O4S/c1-29-21-22-9-10-23(21)15-6-4-5-14(13-15)20(27)28-12-11-24-18(25)16-7-2-3-8-17(16)19(24)26/h2-10,13H,11-12H2,1H3. The lowest BCUT2D eigenvalue weighted by molar-refractivity contribution is 0.0420. The number of rotatable bonds is 6. The van der Waals surface area contributed by atoms with Crippen LogP contribution in [0.1, 0.15) is 31.1 Å². The molecule has 0 atom stereocenters. The summed E-state index contributed by atoms with van der Waals surface area (Å²) in [5.41, 5.74) is 1.93. The number of carbonyl (C=O) groups is 3. The first kappa shape index (κ1) is 18.9. The molecular weight excluding hydrogens is 390 g/mol. The third kappa shape index (κ3) is 3.54. The van der Waals surface area contributed by atoms with E-state index in [1.54, 1.807) is 48.7 Å². The van der Waals surface area contributed by atoms with Crippen molar-refractivity contribution < 1.29 is 19.1 Å². The lowest BCUT2D eigenvalue weighted by atomic mass is 10.1. The Morgan fingerprint density at radius 1 is 1.07 bits per heavy atom. The summed E-state index contributed by atoms with van der Waals surface area (Å²) >= 11 is 1.50. The average molecular weight is 407 g/mol. The van der Waals surface area contributed by atoms with Crippen molar-refractivity contribution >= 4 is 29.5 Å². The van der Waals surface area contributed by atoms with Gasteiger partial charge < -0.3 is 4.74 Å². The Morgan fingerprint density at radius 2 is 1.79 bits per heavy atom. The molecule has 2 heterocycles. The van der Waals surface area contributed by atoms with Crippen LogP contribution in [0.25, 0.3) is 5.69 Å². The van der Waals surface area contributed by atoms with Gasteiger partial charge in [-0.25, -0.2) is 9.78 Å². The number of hydrogen-bond acceptors (Lipinski definition) is 6. The maximum Gasteiger partial charge on any atom is 0.338 e. The summed E-state index contributed by atoms with van der Waals surface area (Å²) in [5, 5.41) is 0.807. The summed E-state index contributed by atoms with van der Waals surface area (Å²) in [6, 6.07) is 13.7. The molecule has 0 N–H and O–H groups in total. The fraction of sp³-hybridized carbons (Fsp3) is 0.143. The highest BCUT2D eigenvalue weighted by Gasteiger charge is 2.34. The summed E-state index contributed by atoms with van der Waals surface area (Å²) < 4.78 is 7.17. The van der Waals surface area contributed by atoms with Gasteiger partial charge in [0.15, 0.2) is 5.16 Å². The van der Waals surface area contributed by atoms with Crippen molar-refractivity contribution in [3.63, 3.8) is 0 Å². The van der Waals surface area contributed by atoms with Crippen LogP contribution in [0, 0.1) is 0 Å². The maximum atomic E-state index is 12.4. The van der Waals surface area contributed by atoms with Crippen LogP contribution in [0.5, 0.6) is 0 Å². The Labute approximate surface area is 171 Å². The highest BCUT2D eigenvalue weighted by Crippen LogP contribution is 2.22. The van der Waals surface area contributed by atoms with E-state index in [-0.39, 0.29) is 25.0 Å². The molecule has 1 aromatic heterocycles. The second-order valence-electron chi connectivity index (χ2n) is 6.28. The van der Waals surface area contributed by atoms with Crippen molar-refractivity contribution in [2.45, 2.75) is 5.16 Å². The molecule has 0 aliphatic carbocycles. The van der Waals surface area contributed by atoms with E-state index in [4.69, 9.17) is 4.74 Å². The third-order valence-corrected chi connectivity index (χ3v) is 5.24. The molecule has 8 heteroatoms. The second-order valence-corrected chi connectivity index (χ2v) is 7.05. The molecule has 1 aliphatic rings. The SMILES string of the molecule is CSc1nccn1-c1cccc(C(=O)OCCN2C(=O)c3ccccc3C2=O)c1. The number of imidazole rings is 1. The molecule has 2 amide bonds. The van der Waals surface area contributed by atoms with Crippen molar-refractivity contribution in [1.82, 2.24) is 14.5 Å². The summed E-state index contributed by atoms with van der Waals surface area (Å²) in [6.07, 6.45) is 5.44. The first-order valence-electron chi connectivity index (χ1n) is 8.90. The number of benzene rings is 2. The molecular formula is C21H17N3O4S. The minimum Gasteiger partial charge on any atom is -0.460 e. The van der Waals surface area contributed by atoms with Gasteiger partial charge >= 0.3 is 5.97 Å². The van der Waals surface area contributed by atoms with Gasteiger partial charge in [0.05, 0.1) is 23.2 Å². The van der Waals surface area contributed by atoms with Crippen LogP contribution in [0.4, 0.5) is 0 Å². The van der Waals surface area contributed by atoms with E-state index < -0.39 is 5.97 Å². The Hall–Kier alpha value is -3.39. The number of esters is 1. The number of carbonyl (C=O) groups excluding carboxylic acids is 3. The number of imide groups is 1. The first-order chi connectivity index (χ1) is 14.1. The summed E-state index contributed by atoms with van der Waals surface area (Å²) in [7, 11) is 0. The molecule has 1 aliphatic heterocycles. The number of nitrogens with zero attached hydrogens (tertiary/aromatic N) is 3. The zero-order valence-electron chi connectivity index (χ0n) is 15.6. The Morgan fingerprint density at radius 3 is 2.48 bits per heavy atom. The van der Waals surface area contributed by atoms with Crippen molar-refractivity contribution in [1.29, 1.82) is 0 Å². The molecule has 0 saturated heterocycles. The molecule has 0 unspecified atom stereocenters. The molecule has 4 rings (SSSR count). The number of thioether (sulfide) groups is 1. The molecule has 2 aromatic carbocycles. The van der Waals surface area contributed by atoms with E-state index in [1.165, 1.54) is 11.8 Å². The van der Waals surface area contributed by atoms with Crippen molar-refractivity contribution in [3.8, 4) is 5.69 Å². The summed E-state index contributed by atoms with van der Waals surface area (Å²) in [4.78, 5) is 42.5. The minimum absolute atomic E-state index is 0.00984. The van der Waals surface area contributed by atoms with Gasteiger partial charge in [0.1, 0.15) is 6.61 Å². The van der Waals surface area contributed by atoms with Gasteiger partial charge in [-0.3, -0.25) is 19.1 Å². The molecule has 146 valence electrons. The van der Waals surface area contributed by atoms with Gasteiger partial charge in [-0.2, -0.15) is 0 Å². The zero-order chi connectivity index (χ0) is 20.4. The predicted molar refractivity (Wildman–Crippen MR) is 107 cm³/mol. The molecule has 7 nitrogen and oxygen atoms in total. The van der Waals surface area contributed by atoms with Crippen LogP contribution >= 0.6 is 11.8 Å². The molecule has 0 fully saturated rings. The number of ether oxygens (including phenoxy) is 1. The van der Waals surface area contributed by atoms with Gasteiger partial charge in [0, 0.05) is 18.1 Å². The number of hydrogen-bond donors (Lipinski definition) is 0. The molecule has 0 saturated carbocycles. The number of aromatic nitrogens is 2. The molecule has 0 bridgehead atoms. The van der Waals surface area contributed by atoms with Crippen molar-refractivity contribution in [2.75, 3.05) is 19.4 Å². The second kappa shape index (κ2) is 7.92. The van der Waals surface area contributed by atoms with E-state index in [1.807, 2.05) is 23.1 Å². The van der Waals surface area contributed by atoms with Crippen LogP contribution in [0.15, 0.2) is 66.1 Å². The maximum absolute atomic E-state index is 12.4. The van der Waals surface area contributed by atoms with E-state index in [0.29, 0.717) is 16.7 Å². The lowest BCUT2D eigenvalue weighted by Crippen LogP contribution is -2.33. The van der Waals surface area contributed by atoms with Gasteiger partial charge in [-0.05, 0) is 36.6 Å². The topological polar surface area (TPSA) is 81.5 Å². The summed E-state index contributed by atoms with van der Waals surface area (Å²) in [6.45, 7) is -0.0639. The van der Waals surface area contributed by atoms with E-state index >= 15 is 0 Å². The van der Waals surface area contributed by atoms with Gasteiger partial charge in [0.2, 0.25) is 0 Å². The normalized spacial score (nSPS) is 12.9. The fourth-order valence-electron chi connectivity index (χ4n) is 3.18. The molecule has 0 spiro atoms. The van der Waals surface area contributed by atoms with Crippen LogP contribution < -0.4 is 0 Å². The number of fused-ring (bicyclic) bond motifs is 1. The quantitative estimate of drug-likeness (QED) is 0.355. The van der Waals surface area contributed by atoms with Gasteiger partial charge in [-0.1, -0.05) is 30.0 Å². The Kier molecular flexibility index (Phi) is 5.18. The lowest BCUT2D eigenvalue weighted by Gasteiger charge is -2.14. The number of amides is 2. The van der Waals surface area contributed by atoms with Crippen LogP contribution in [0.3, 0.4) is 0 Å². The minimum atomic E-state index is -0.519. The van der Waals surface area contributed by atoms with E-state index in [2.05, 4.69) is 4.98 Å². The molecule has 0 radical (unpaired) electrons. The Balaban J connectivity index is 1.41. The smallest absolute Gasteiger partial charge is 0.338 e. The molecule has 29 heavy (non-hydrogen) atoms. The van der Waals surface area contributed by atoms with Crippen LogP contribution in [-0.4, -0.2) is 51.6 Å². The van der Waals surface area contributed by atoms with Crippen molar-refractivity contribution in [3.05, 3.63) is 77.6 Å². The largest absolute Gasteiger partial charge is 0.460 e. The molecule has 3 aromatic rings. The van der Waals surface area contributed by atoms with Gasteiger partial charge in [0.25, 0.3) is 11.8 Å². The Bertz CT molecular complexity index is 1070. The van der Waals surface area contributed by atoms with Crippen molar-refractivity contribution in [2.24, 2.45) is 0 Å². The average Bonchev–Trinajstić information content (AvgIpc) is 3.33. The summed E-state index contributed by atoms with van der Waals surface area (Å²) in [5.74, 6) is -1.25. The first-order valence-corrected chi connectivity index (χ1v) is 10.1. The monoisotopic (exact) mass is 407 g/mol. The van der Waals surface area contributed by atoms with E-state index in [9.17, 15) is 14.4 Å². The predicted octanol–water partition coefficient (Wildman–Crippen LogP) is 3.05. The van der Waals surface area contributed by atoms with Crippen LogP contribution in [0.2, 0.25) is 0 Å². The third-order valence-electron chi connectivity index (χ3n) is 4.58. The van der Waals surface area contributed by atoms with E-state index in [0.717, 1.165) is 15.7 Å².